The van der Waals surface area contributed by atoms with Crippen LogP contribution in [0.2, 0.25) is 0 Å². The summed E-state index contributed by atoms with van der Waals surface area (Å²) in [5, 5.41) is 11.5. The Bertz CT molecular complexity index is 1880. The van der Waals surface area contributed by atoms with Crippen molar-refractivity contribution in [3.8, 4) is 33.9 Å². The highest BCUT2D eigenvalue weighted by atomic mass is 19.1. The van der Waals surface area contributed by atoms with Crippen molar-refractivity contribution in [1.29, 1.82) is 0 Å². The van der Waals surface area contributed by atoms with Crippen LogP contribution in [0.4, 0.5) is 14.5 Å². The van der Waals surface area contributed by atoms with Gasteiger partial charge in [0.15, 0.2) is 5.82 Å². The van der Waals surface area contributed by atoms with Crippen molar-refractivity contribution in [3.05, 3.63) is 91.0 Å². The highest BCUT2D eigenvalue weighted by molar-refractivity contribution is 5.97. The number of benzene rings is 2. The van der Waals surface area contributed by atoms with Crippen LogP contribution in [0, 0.1) is 17.6 Å². The Labute approximate surface area is 228 Å². The first kappa shape index (κ1) is 24.1. The molecule has 1 aliphatic rings. The van der Waals surface area contributed by atoms with Gasteiger partial charge in [-0.1, -0.05) is 19.4 Å². The number of hydrogen-bond donors (Lipinski definition) is 3. The van der Waals surface area contributed by atoms with Gasteiger partial charge >= 0.3 is 0 Å². The Morgan fingerprint density at radius 3 is 2.58 bits per heavy atom. The van der Waals surface area contributed by atoms with Gasteiger partial charge in [0.1, 0.15) is 22.8 Å². The minimum Gasteiger partial charge on any atom is -0.358 e. The minimum atomic E-state index is -0.385. The highest BCUT2D eigenvalue weighted by Gasteiger charge is 2.20. The van der Waals surface area contributed by atoms with Crippen LogP contribution in [-0.2, 0) is 0 Å². The van der Waals surface area contributed by atoms with Crippen LogP contribution in [0.5, 0.6) is 0 Å². The first-order valence-electron chi connectivity index (χ1n) is 13.2. The summed E-state index contributed by atoms with van der Waals surface area (Å²) in [5.74, 6) is 0.257. The summed E-state index contributed by atoms with van der Waals surface area (Å²) in [5.41, 5.74) is 6.66. The molecule has 0 bridgehead atoms. The van der Waals surface area contributed by atoms with Gasteiger partial charge in [0, 0.05) is 46.2 Å². The molecule has 9 heteroatoms. The second-order valence-electron chi connectivity index (χ2n) is 10.2. The van der Waals surface area contributed by atoms with E-state index in [2.05, 4.69) is 37.0 Å². The number of fused-ring (bicyclic) bond motifs is 2. The number of allylic oxidation sites excluding steroid dienone is 1. The highest BCUT2D eigenvalue weighted by Crippen LogP contribution is 2.35. The van der Waals surface area contributed by atoms with Gasteiger partial charge in [-0.15, -0.1) is 0 Å². The van der Waals surface area contributed by atoms with Crippen LogP contribution in [0.3, 0.4) is 0 Å². The number of pyridine rings is 2. The fourth-order valence-corrected chi connectivity index (χ4v) is 5.52. The third-order valence-electron chi connectivity index (χ3n) is 7.60. The van der Waals surface area contributed by atoms with E-state index in [9.17, 15) is 4.39 Å². The standard InChI is InChI=1S/C31H25F2N7/c1-17(18-4-2-3-5-18)36-22-12-20(15-34-16-22)23-13-24-27(14-25(23)33)39-40-29(24)31-37-26-10-11-35-28(30(26)38-31)19-6-8-21(32)9-7-19/h6-16,18,36H,1-5H2,(H,37,38)(H,39,40). The summed E-state index contributed by atoms with van der Waals surface area (Å²) in [6.45, 7) is 4.22. The van der Waals surface area contributed by atoms with Crippen LogP contribution >= 0.6 is 0 Å². The van der Waals surface area contributed by atoms with Crippen LogP contribution in [0.25, 0.3) is 55.8 Å². The number of H-pyrrole nitrogens is 2. The third kappa shape index (κ3) is 4.29. The molecular formula is C31H25F2N7. The quantitative estimate of drug-likeness (QED) is 0.205. The maximum Gasteiger partial charge on any atom is 0.159 e. The van der Waals surface area contributed by atoms with E-state index in [0.29, 0.717) is 50.7 Å². The van der Waals surface area contributed by atoms with Crippen molar-refractivity contribution in [2.24, 2.45) is 5.92 Å². The summed E-state index contributed by atoms with van der Waals surface area (Å²) >= 11 is 0. The number of hydrogen-bond acceptors (Lipinski definition) is 5. The van der Waals surface area contributed by atoms with E-state index >= 15 is 4.39 Å². The molecule has 6 aromatic rings. The molecule has 7 nitrogen and oxygen atoms in total. The molecule has 7 rings (SSSR count). The lowest BCUT2D eigenvalue weighted by molar-refractivity contribution is 0.628. The minimum absolute atomic E-state index is 0.320. The van der Waals surface area contributed by atoms with Gasteiger partial charge in [-0.2, -0.15) is 5.10 Å². The summed E-state index contributed by atoms with van der Waals surface area (Å²) in [4.78, 5) is 16.9. The molecule has 1 aliphatic carbocycles. The number of rotatable bonds is 6. The first-order chi connectivity index (χ1) is 19.5. The zero-order valence-electron chi connectivity index (χ0n) is 21.5. The monoisotopic (exact) mass is 533 g/mol. The van der Waals surface area contributed by atoms with Crippen LogP contribution in [-0.4, -0.2) is 30.1 Å². The number of nitrogens with zero attached hydrogens (tertiary/aromatic N) is 4. The number of aromatic nitrogens is 6. The predicted octanol–water partition coefficient (Wildman–Crippen LogP) is 7.62. The molecule has 0 radical (unpaired) electrons. The molecule has 40 heavy (non-hydrogen) atoms. The van der Waals surface area contributed by atoms with Crippen molar-refractivity contribution < 1.29 is 8.78 Å². The second-order valence-corrected chi connectivity index (χ2v) is 10.2. The number of halogens is 2. The Morgan fingerprint density at radius 1 is 0.925 bits per heavy atom. The van der Waals surface area contributed by atoms with Gasteiger partial charge in [0.25, 0.3) is 0 Å². The SMILES string of the molecule is C=C(Nc1cncc(-c2cc3c(-c4nc5c(-c6ccc(F)cc6)nccc5[nH]4)n[nH]c3cc2F)c1)C1CCCC1. The topological polar surface area (TPSA) is 95.2 Å². The van der Waals surface area contributed by atoms with E-state index in [0.717, 1.165) is 35.3 Å². The average molecular weight is 534 g/mol. The molecule has 0 atom stereocenters. The largest absolute Gasteiger partial charge is 0.358 e. The van der Waals surface area contributed by atoms with E-state index in [4.69, 9.17) is 4.98 Å². The van der Waals surface area contributed by atoms with Gasteiger partial charge in [-0.25, -0.2) is 13.8 Å². The van der Waals surface area contributed by atoms with Crippen molar-refractivity contribution in [3.63, 3.8) is 0 Å². The molecule has 0 spiro atoms. The molecule has 0 aliphatic heterocycles. The van der Waals surface area contributed by atoms with Crippen molar-refractivity contribution >= 4 is 27.6 Å². The van der Waals surface area contributed by atoms with Gasteiger partial charge < -0.3 is 10.3 Å². The molecular weight excluding hydrogens is 508 g/mol. The number of anilines is 1. The lowest BCUT2D eigenvalue weighted by Gasteiger charge is -2.16. The predicted molar refractivity (Wildman–Crippen MR) is 152 cm³/mol. The first-order valence-corrected chi connectivity index (χ1v) is 13.2. The number of aromatic amines is 2. The van der Waals surface area contributed by atoms with Gasteiger partial charge in [0.2, 0.25) is 0 Å². The zero-order chi connectivity index (χ0) is 27.2. The fraction of sp³-hybridized carbons (Fsp3) is 0.161. The maximum absolute atomic E-state index is 15.3. The third-order valence-corrected chi connectivity index (χ3v) is 7.60. The van der Waals surface area contributed by atoms with E-state index in [1.165, 1.54) is 31.0 Å². The van der Waals surface area contributed by atoms with E-state index in [1.807, 2.05) is 12.1 Å². The summed E-state index contributed by atoms with van der Waals surface area (Å²) in [6, 6.07) is 13.0. The van der Waals surface area contributed by atoms with E-state index in [1.54, 1.807) is 36.8 Å². The van der Waals surface area contributed by atoms with Crippen LogP contribution in [0.15, 0.2) is 79.4 Å². The Morgan fingerprint density at radius 2 is 1.75 bits per heavy atom. The van der Waals surface area contributed by atoms with E-state index < -0.39 is 0 Å². The van der Waals surface area contributed by atoms with Gasteiger partial charge in [-0.05, 0) is 61.2 Å². The molecule has 3 N–H and O–H groups in total. The van der Waals surface area contributed by atoms with E-state index in [-0.39, 0.29) is 11.6 Å². The second kappa shape index (κ2) is 9.68. The van der Waals surface area contributed by atoms with Crippen LogP contribution in [0.1, 0.15) is 25.7 Å². The lowest BCUT2D eigenvalue weighted by atomic mass is 10.0. The van der Waals surface area contributed by atoms with Gasteiger partial charge in [-0.3, -0.25) is 15.1 Å². The molecule has 4 aromatic heterocycles. The summed E-state index contributed by atoms with van der Waals surface area (Å²) < 4.78 is 28.8. The fourth-order valence-electron chi connectivity index (χ4n) is 5.52. The molecule has 198 valence electrons. The Balaban J connectivity index is 1.27. The Kier molecular flexibility index (Phi) is 5.84. The summed E-state index contributed by atoms with van der Waals surface area (Å²) in [7, 11) is 0. The molecule has 1 fully saturated rings. The average Bonchev–Trinajstić information content (AvgIpc) is 3.72. The number of imidazole rings is 1. The van der Waals surface area contributed by atoms with Crippen molar-refractivity contribution in [2.45, 2.75) is 25.7 Å². The van der Waals surface area contributed by atoms with Crippen molar-refractivity contribution in [2.75, 3.05) is 5.32 Å². The zero-order valence-corrected chi connectivity index (χ0v) is 21.5. The molecule has 0 unspecified atom stereocenters. The maximum atomic E-state index is 15.3. The van der Waals surface area contributed by atoms with Crippen molar-refractivity contribution in [1.82, 2.24) is 30.1 Å². The lowest BCUT2D eigenvalue weighted by Crippen LogP contribution is -2.07. The normalized spacial score (nSPS) is 13.8. The summed E-state index contributed by atoms with van der Waals surface area (Å²) in [6.07, 6.45) is 9.76. The smallest absolute Gasteiger partial charge is 0.159 e. The molecule has 1 saturated carbocycles. The Hall–Kier alpha value is -4.92. The molecule has 2 aromatic carbocycles. The number of nitrogens with one attached hydrogen (secondary N) is 3. The molecule has 0 saturated heterocycles. The van der Waals surface area contributed by atoms with Crippen LogP contribution < -0.4 is 5.32 Å². The molecule has 0 amide bonds. The molecule has 4 heterocycles. The van der Waals surface area contributed by atoms with Gasteiger partial charge in [0.05, 0.1) is 28.6 Å².